The first-order valence-electron chi connectivity index (χ1n) is 7.02. The first kappa shape index (κ1) is 14.0. The smallest absolute Gasteiger partial charge is 0.151 e. The van der Waals surface area contributed by atoms with Crippen LogP contribution in [0.3, 0.4) is 0 Å². The van der Waals surface area contributed by atoms with Crippen molar-refractivity contribution in [2.75, 3.05) is 0 Å². The van der Waals surface area contributed by atoms with Gasteiger partial charge in [-0.15, -0.1) is 0 Å². The molecule has 0 unspecified atom stereocenters. The summed E-state index contributed by atoms with van der Waals surface area (Å²) in [7, 11) is 0. The lowest BCUT2D eigenvalue weighted by atomic mass is 9.95. The van der Waals surface area contributed by atoms with Gasteiger partial charge in [0.15, 0.2) is 12.6 Å². The number of carbonyl (C=O) groups is 2. The number of aldehydes is 2. The van der Waals surface area contributed by atoms with Crippen LogP contribution < -0.4 is 0 Å². The molecule has 0 radical (unpaired) electrons. The minimum atomic E-state index is 0.416. The number of carbonyl (C=O) groups excluding carboxylic acids is 2. The molecule has 0 saturated carbocycles. The predicted octanol–water partition coefficient (Wildman–Crippen LogP) is 4.65. The molecule has 0 fully saturated rings. The summed E-state index contributed by atoms with van der Waals surface area (Å²) in [4.78, 5) is 22.4. The van der Waals surface area contributed by atoms with E-state index in [0.717, 1.165) is 28.5 Å². The highest BCUT2D eigenvalue weighted by atomic mass is 16.1. The minimum Gasteiger partial charge on any atom is -0.298 e. The molecule has 106 valence electrons. The monoisotopic (exact) mass is 286 g/mol. The Hall–Kier alpha value is -3.00. The zero-order chi connectivity index (χ0) is 15.4. The zero-order valence-electron chi connectivity index (χ0n) is 11.9. The Labute approximate surface area is 129 Å². The fourth-order valence-corrected chi connectivity index (χ4v) is 2.54. The maximum Gasteiger partial charge on any atom is 0.151 e. The summed E-state index contributed by atoms with van der Waals surface area (Å²) in [6, 6.07) is 23.4. The summed E-state index contributed by atoms with van der Waals surface area (Å²) in [5, 5.41) is 0. The third kappa shape index (κ3) is 2.59. The zero-order valence-corrected chi connectivity index (χ0v) is 11.9. The van der Waals surface area contributed by atoms with Crippen molar-refractivity contribution in [1.29, 1.82) is 0 Å². The highest BCUT2D eigenvalue weighted by molar-refractivity contribution is 5.97. The van der Waals surface area contributed by atoms with Gasteiger partial charge >= 0.3 is 0 Å². The Morgan fingerprint density at radius 2 is 1.18 bits per heavy atom. The minimum absolute atomic E-state index is 0.416. The van der Waals surface area contributed by atoms with E-state index in [1.807, 2.05) is 48.5 Å². The molecule has 0 aliphatic heterocycles. The number of benzene rings is 3. The van der Waals surface area contributed by atoms with Gasteiger partial charge in [-0.3, -0.25) is 9.59 Å². The van der Waals surface area contributed by atoms with Crippen LogP contribution in [-0.2, 0) is 0 Å². The fourth-order valence-electron chi connectivity index (χ4n) is 2.54. The van der Waals surface area contributed by atoms with Gasteiger partial charge < -0.3 is 0 Å². The molecule has 0 N–H and O–H groups in total. The third-order valence-electron chi connectivity index (χ3n) is 3.69. The van der Waals surface area contributed by atoms with E-state index in [2.05, 4.69) is 12.1 Å². The van der Waals surface area contributed by atoms with E-state index in [9.17, 15) is 9.59 Å². The summed E-state index contributed by atoms with van der Waals surface area (Å²) in [6.45, 7) is 0. The van der Waals surface area contributed by atoms with Gasteiger partial charge in [-0.2, -0.15) is 0 Å². The summed E-state index contributed by atoms with van der Waals surface area (Å²) in [5.41, 5.74) is 4.81. The summed E-state index contributed by atoms with van der Waals surface area (Å²) < 4.78 is 0. The van der Waals surface area contributed by atoms with E-state index in [0.29, 0.717) is 17.4 Å². The van der Waals surface area contributed by atoms with Crippen LogP contribution in [0.2, 0.25) is 0 Å². The lowest BCUT2D eigenvalue weighted by Crippen LogP contribution is -1.94. The van der Waals surface area contributed by atoms with Crippen LogP contribution in [0.25, 0.3) is 22.3 Å². The van der Waals surface area contributed by atoms with Crippen molar-refractivity contribution >= 4 is 12.6 Å². The second kappa shape index (κ2) is 6.19. The van der Waals surface area contributed by atoms with Crippen LogP contribution in [0.15, 0.2) is 72.8 Å². The van der Waals surface area contributed by atoms with Crippen LogP contribution in [0, 0.1) is 0 Å². The maximum absolute atomic E-state index is 11.3. The van der Waals surface area contributed by atoms with Gasteiger partial charge in [0.2, 0.25) is 0 Å². The van der Waals surface area contributed by atoms with Crippen LogP contribution in [0.4, 0.5) is 0 Å². The molecule has 0 amide bonds. The van der Waals surface area contributed by atoms with E-state index < -0.39 is 0 Å². The van der Waals surface area contributed by atoms with Gasteiger partial charge in [0.25, 0.3) is 0 Å². The average molecular weight is 286 g/mol. The summed E-state index contributed by atoms with van der Waals surface area (Å²) in [5.74, 6) is 0. The molecule has 3 aromatic carbocycles. The van der Waals surface area contributed by atoms with Gasteiger partial charge in [-0.1, -0.05) is 72.8 Å². The lowest BCUT2D eigenvalue weighted by molar-refractivity contribution is 0.109. The van der Waals surface area contributed by atoms with Crippen molar-refractivity contribution < 1.29 is 9.59 Å². The number of hydrogen-bond donors (Lipinski definition) is 0. The van der Waals surface area contributed by atoms with Crippen molar-refractivity contribution in [3.8, 4) is 22.3 Å². The van der Waals surface area contributed by atoms with Crippen molar-refractivity contribution in [3.05, 3.63) is 83.9 Å². The molecule has 0 bridgehead atoms. The van der Waals surface area contributed by atoms with Crippen molar-refractivity contribution in [1.82, 2.24) is 0 Å². The van der Waals surface area contributed by atoms with E-state index in [1.54, 1.807) is 12.1 Å². The maximum atomic E-state index is 11.3. The van der Waals surface area contributed by atoms with Gasteiger partial charge in [0.1, 0.15) is 0 Å². The normalized spacial score (nSPS) is 10.2. The Morgan fingerprint density at radius 3 is 1.82 bits per heavy atom. The molecule has 0 heterocycles. The highest BCUT2D eigenvalue weighted by Crippen LogP contribution is 2.27. The standard InChI is InChI=1S/C20H14O2/c21-13-18-7-4-8-19(20(18)14-22)17-11-9-16(10-12-17)15-5-2-1-3-6-15/h1-14H. The molecule has 0 atom stereocenters. The summed E-state index contributed by atoms with van der Waals surface area (Å²) in [6.07, 6.45) is 1.45. The predicted molar refractivity (Wildman–Crippen MR) is 88.1 cm³/mol. The highest BCUT2D eigenvalue weighted by Gasteiger charge is 2.09. The third-order valence-corrected chi connectivity index (χ3v) is 3.69. The molecule has 22 heavy (non-hydrogen) atoms. The molecule has 0 aliphatic rings. The molecule has 2 heteroatoms. The quantitative estimate of drug-likeness (QED) is 0.654. The van der Waals surface area contributed by atoms with E-state index in [-0.39, 0.29) is 0 Å². The Kier molecular flexibility index (Phi) is 3.92. The molecular weight excluding hydrogens is 272 g/mol. The van der Waals surface area contributed by atoms with Gasteiger partial charge in [0, 0.05) is 11.1 Å². The van der Waals surface area contributed by atoms with Crippen LogP contribution in [0.5, 0.6) is 0 Å². The largest absolute Gasteiger partial charge is 0.298 e. The SMILES string of the molecule is O=Cc1cccc(-c2ccc(-c3ccccc3)cc2)c1C=O. The Bertz CT molecular complexity index is 803. The van der Waals surface area contributed by atoms with Gasteiger partial charge in [-0.25, -0.2) is 0 Å². The van der Waals surface area contributed by atoms with Crippen molar-refractivity contribution in [2.45, 2.75) is 0 Å². The van der Waals surface area contributed by atoms with E-state index >= 15 is 0 Å². The average Bonchev–Trinajstić information content (AvgIpc) is 2.62. The first-order valence-corrected chi connectivity index (χ1v) is 7.02. The fraction of sp³-hybridized carbons (Fsp3) is 0. The second-order valence-electron chi connectivity index (χ2n) is 4.99. The molecule has 0 aliphatic carbocycles. The Morgan fingerprint density at radius 1 is 0.545 bits per heavy atom. The molecule has 0 spiro atoms. The molecular formula is C20H14O2. The van der Waals surface area contributed by atoms with Crippen molar-refractivity contribution in [2.24, 2.45) is 0 Å². The van der Waals surface area contributed by atoms with E-state index in [1.165, 1.54) is 0 Å². The van der Waals surface area contributed by atoms with E-state index in [4.69, 9.17) is 0 Å². The number of hydrogen-bond acceptors (Lipinski definition) is 2. The van der Waals surface area contributed by atoms with Crippen LogP contribution >= 0.6 is 0 Å². The molecule has 3 aromatic rings. The number of rotatable bonds is 4. The van der Waals surface area contributed by atoms with Gasteiger partial charge in [-0.05, 0) is 22.3 Å². The van der Waals surface area contributed by atoms with Crippen molar-refractivity contribution in [3.63, 3.8) is 0 Å². The molecule has 2 nitrogen and oxygen atoms in total. The van der Waals surface area contributed by atoms with Crippen LogP contribution in [0.1, 0.15) is 20.7 Å². The topological polar surface area (TPSA) is 34.1 Å². The van der Waals surface area contributed by atoms with Crippen LogP contribution in [-0.4, -0.2) is 12.6 Å². The Balaban J connectivity index is 2.04. The molecule has 0 aromatic heterocycles. The molecule has 3 rings (SSSR count). The lowest BCUT2D eigenvalue weighted by Gasteiger charge is -2.08. The first-order chi connectivity index (χ1) is 10.8. The molecule has 0 saturated heterocycles. The summed E-state index contributed by atoms with van der Waals surface area (Å²) >= 11 is 0. The second-order valence-corrected chi connectivity index (χ2v) is 4.99. The van der Waals surface area contributed by atoms with Gasteiger partial charge in [0.05, 0.1) is 0 Å².